The number of allylic oxidation sites excluding steroid dienone is 1. The van der Waals surface area contributed by atoms with Gasteiger partial charge in [-0.3, -0.25) is 4.79 Å². The van der Waals surface area contributed by atoms with E-state index in [1.54, 1.807) is 19.9 Å². The van der Waals surface area contributed by atoms with Crippen molar-refractivity contribution in [3.63, 3.8) is 0 Å². The molecule has 1 aromatic carbocycles. The first-order chi connectivity index (χ1) is 15.3. The minimum atomic E-state index is -4.69. The molecule has 0 saturated heterocycles. The SMILES string of the molecule is CCC(C)(N)C(CO)NC(=O)C1=C(C)Nc2cc(C(F)(F)F)nn2C1c1ccc(Cl)c(Cl)c1. The number of halogens is 5. The summed E-state index contributed by atoms with van der Waals surface area (Å²) in [5.41, 5.74) is 5.00. The molecule has 0 saturated carbocycles. The summed E-state index contributed by atoms with van der Waals surface area (Å²) in [4.78, 5) is 13.4. The quantitative estimate of drug-likeness (QED) is 0.472. The lowest BCUT2D eigenvalue weighted by molar-refractivity contribution is -0.141. The molecule has 1 aliphatic rings. The minimum absolute atomic E-state index is 0.0587. The number of alkyl halides is 3. The second-order valence-corrected chi connectivity index (χ2v) is 8.98. The van der Waals surface area contributed by atoms with Gasteiger partial charge >= 0.3 is 6.18 Å². The molecule has 0 aliphatic carbocycles. The van der Waals surface area contributed by atoms with E-state index in [0.29, 0.717) is 17.7 Å². The Balaban J connectivity index is 2.13. The second kappa shape index (κ2) is 9.17. The molecule has 1 aromatic heterocycles. The molecule has 5 N–H and O–H groups in total. The molecule has 180 valence electrons. The Kier molecular flexibility index (Phi) is 7.05. The van der Waals surface area contributed by atoms with Crippen LogP contribution in [0.1, 0.15) is 44.5 Å². The van der Waals surface area contributed by atoms with Gasteiger partial charge in [-0.2, -0.15) is 18.3 Å². The fourth-order valence-electron chi connectivity index (χ4n) is 3.60. The summed E-state index contributed by atoms with van der Waals surface area (Å²) in [6, 6.07) is 3.55. The minimum Gasteiger partial charge on any atom is -0.394 e. The predicted molar refractivity (Wildman–Crippen MR) is 120 cm³/mol. The zero-order valence-electron chi connectivity index (χ0n) is 18.1. The number of nitrogens with one attached hydrogen (secondary N) is 2. The van der Waals surface area contributed by atoms with Crippen LogP contribution in [0.3, 0.4) is 0 Å². The number of hydrogen-bond acceptors (Lipinski definition) is 5. The Morgan fingerprint density at radius 1 is 1.33 bits per heavy atom. The van der Waals surface area contributed by atoms with Gasteiger partial charge in [0.15, 0.2) is 5.69 Å². The molecule has 1 aliphatic heterocycles. The maximum atomic E-state index is 13.4. The van der Waals surface area contributed by atoms with E-state index in [2.05, 4.69) is 15.7 Å². The number of amides is 1. The molecule has 0 fully saturated rings. The highest BCUT2D eigenvalue weighted by Crippen LogP contribution is 2.40. The number of nitrogens with zero attached hydrogens (tertiary/aromatic N) is 2. The Bertz CT molecular complexity index is 1100. The highest BCUT2D eigenvalue weighted by molar-refractivity contribution is 6.42. The van der Waals surface area contributed by atoms with Crippen LogP contribution in [0.4, 0.5) is 19.0 Å². The van der Waals surface area contributed by atoms with Crippen LogP contribution in [0.2, 0.25) is 10.0 Å². The molecular weight excluding hydrogens is 482 g/mol. The maximum absolute atomic E-state index is 13.4. The van der Waals surface area contributed by atoms with Crippen LogP contribution in [0.15, 0.2) is 35.5 Å². The number of aromatic nitrogens is 2. The molecular formula is C21H24Cl2F3N5O2. The molecule has 2 aromatic rings. The summed E-state index contributed by atoms with van der Waals surface area (Å²) in [7, 11) is 0. The monoisotopic (exact) mass is 505 g/mol. The number of aliphatic hydroxyl groups excluding tert-OH is 1. The van der Waals surface area contributed by atoms with E-state index in [1.807, 2.05) is 6.92 Å². The van der Waals surface area contributed by atoms with Gasteiger partial charge in [-0.1, -0.05) is 36.2 Å². The third-order valence-corrected chi connectivity index (χ3v) is 6.55. The number of nitrogens with two attached hydrogens (primary N) is 1. The number of aliphatic hydroxyl groups is 1. The summed E-state index contributed by atoms with van der Waals surface area (Å²) in [6.45, 7) is 4.65. The van der Waals surface area contributed by atoms with Crippen LogP contribution in [-0.2, 0) is 11.0 Å². The van der Waals surface area contributed by atoms with Crippen LogP contribution >= 0.6 is 23.2 Å². The van der Waals surface area contributed by atoms with Gasteiger partial charge in [-0.15, -0.1) is 0 Å². The topological polar surface area (TPSA) is 105 Å². The van der Waals surface area contributed by atoms with E-state index in [-0.39, 0.29) is 21.4 Å². The molecule has 2 heterocycles. The Morgan fingerprint density at radius 2 is 2.00 bits per heavy atom. The number of hydrogen-bond donors (Lipinski definition) is 4. The van der Waals surface area contributed by atoms with Crippen LogP contribution in [0.25, 0.3) is 0 Å². The third-order valence-electron chi connectivity index (χ3n) is 5.81. The zero-order chi connectivity index (χ0) is 24.7. The van der Waals surface area contributed by atoms with E-state index in [0.717, 1.165) is 10.7 Å². The second-order valence-electron chi connectivity index (χ2n) is 8.16. The lowest BCUT2D eigenvalue weighted by atomic mass is 9.89. The van der Waals surface area contributed by atoms with Gasteiger partial charge in [0.2, 0.25) is 0 Å². The number of carbonyl (C=O) groups excluding carboxylic acids is 1. The van der Waals surface area contributed by atoms with Crippen molar-refractivity contribution >= 4 is 34.9 Å². The molecule has 12 heteroatoms. The molecule has 3 rings (SSSR count). The van der Waals surface area contributed by atoms with Gasteiger partial charge in [0, 0.05) is 17.3 Å². The lowest BCUT2D eigenvalue weighted by Crippen LogP contribution is -2.58. The Morgan fingerprint density at radius 3 is 2.55 bits per heavy atom. The summed E-state index contributed by atoms with van der Waals surface area (Å²) in [5, 5.41) is 19.5. The summed E-state index contributed by atoms with van der Waals surface area (Å²) >= 11 is 12.2. The van der Waals surface area contributed by atoms with Gasteiger partial charge in [0.05, 0.1) is 28.3 Å². The standard InChI is InChI=1S/C21H24Cl2F3N5O2/c1-4-20(3,27)15(9-32)29-19(33)17-10(2)28-16-8-14(21(24,25)26)30-31(16)18(17)11-5-6-12(22)13(23)7-11/h5-8,15,18,28,32H,4,9,27H2,1-3H3,(H,29,33). The highest BCUT2D eigenvalue weighted by atomic mass is 35.5. The van der Waals surface area contributed by atoms with E-state index < -0.39 is 42.0 Å². The van der Waals surface area contributed by atoms with E-state index in [1.165, 1.54) is 12.1 Å². The molecule has 1 amide bonds. The van der Waals surface area contributed by atoms with Crippen molar-refractivity contribution in [3.8, 4) is 0 Å². The largest absolute Gasteiger partial charge is 0.435 e. The average molecular weight is 506 g/mol. The van der Waals surface area contributed by atoms with Gasteiger partial charge in [-0.05, 0) is 38.0 Å². The van der Waals surface area contributed by atoms with Crippen LogP contribution < -0.4 is 16.4 Å². The van der Waals surface area contributed by atoms with Crippen molar-refractivity contribution in [2.75, 3.05) is 11.9 Å². The average Bonchev–Trinajstić information content (AvgIpc) is 3.16. The molecule has 33 heavy (non-hydrogen) atoms. The molecule has 3 atom stereocenters. The molecule has 7 nitrogen and oxygen atoms in total. The van der Waals surface area contributed by atoms with Crippen molar-refractivity contribution in [3.05, 3.63) is 56.8 Å². The van der Waals surface area contributed by atoms with Crippen molar-refractivity contribution in [1.29, 1.82) is 0 Å². The highest BCUT2D eigenvalue weighted by Gasteiger charge is 2.40. The van der Waals surface area contributed by atoms with Gasteiger partial charge in [0.1, 0.15) is 11.9 Å². The van der Waals surface area contributed by atoms with E-state index >= 15 is 0 Å². The first kappa shape index (κ1) is 25.4. The summed E-state index contributed by atoms with van der Waals surface area (Å²) in [6.07, 6.45) is -4.22. The van der Waals surface area contributed by atoms with Gasteiger partial charge in [-0.25, -0.2) is 4.68 Å². The Labute approximate surface area is 198 Å². The van der Waals surface area contributed by atoms with Crippen molar-refractivity contribution < 1.29 is 23.1 Å². The van der Waals surface area contributed by atoms with Crippen LogP contribution in [0.5, 0.6) is 0 Å². The predicted octanol–water partition coefficient (Wildman–Crippen LogP) is 4.10. The number of rotatable bonds is 6. The maximum Gasteiger partial charge on any atom is 0.435 e. The number of benzene rings is 1. The van der Waals surface area contributed by atoms with Crippen molar-refractivity contribution in [2.45, 2.75) is 51.0 Å². The van der Waals surface area contributed by atoms with Crippen LogP contribution in [0, 0.1) is 0 Å². The van der Waals surface area contributed by atoms with Gasteiger partial charge in [0.25, 0.3) is 5.91 Å². The smallest absolute Gasteiger partial charge is 0.394 e. The fourth-order valence-corrected chi connectivity index (χ4v) is 3.90. The number of carbonyl (C=O) groups is 1. The van der Waals surface area contributed by atoms with Crippen molar-refractivity contribution in [1.82, 2.24) is 15.1 Å². The molecule has 0 radical (unpaired) electrons. The zero-order valence-corrected chi connectivity index (χ0v) is 19.6. The summed E-state index contributed by atoms with van der Waals surface area (Å²) < 4.78 is 41.2. The normalized spacial score (nSPS) is 18.9. The molecule has 3 unspecified atom stereocenters. The molecule has 0 spiro atoms. The number of fused-ring (bicyclic) bond motifs is 1. The Hall–Kier alpha value is -2.27. The summed E-state index contributed by atoms with van der Waals surface area (Å²) in [5.74, 6) is -0.557. The van der Waals surface area contributed by atoms with E-state index in [9.17, 15) is 23.1 Å². The third kappa shape index (κ3) is 4.98. The van der Waals surface area contributed by atoms with Gasteiger partial charge < -0.3 is 21.5 Å². The van der Waals surface area contributed by atoms with Crippen molar-refractivity contribution in [2.24, 2.45) is 5.73 Å². The van der Waals surface area contributed by atoms with E-state index in [4.69, 9.17) is 28.9 Å². The first-order valence-electron chi connectivity index (χ1n) is 10.1. The fraction of sp³-hybridized carbons (Fsp3) is 0.429. The lowest BCUT2D eigenvalue weighted by Gasteiger charge is -2.35. The van der Waals surface area contributed by atoms with Crippen LogP contribution in [-0.4, -0.2) is 39.0 Å². The molecule has 0 bridgehead atoms. The first-order valence-corrected chi connectivity index (χ1v) is 10.9. The number of anilines is 1.